The first-order chi connectivity index (χ1) is 15.1. The maximum Gasteiger partial charge on any atom is 0.254 e. The molecule has 1 fully saturated rings. The number of hydrogen-bond donors (Lipinski definition) is 0. The molecule has 160 valence electrons. The van der Waals surface area contributed by atoms with Crippen LogP contribution in [0.3, 0.4) is 0 Å². The third-order valence-corrected chi connectivity index (χ3v) is 5.84. The number of carbonyl (C=O) groups excluding carboxylic acids is 1. The summed E-state index contributed by atoms with van der Waals surface area (Å²) in [6, 6.07) is 9.61. The minimum Gasteiger partial charge on any atom is -0.380 e. The van der Waals surface area contributed by atoms with Gasteiger partial charge in [-0.15, -0.1) is 0 Å². The number of rotatable bonds is 5. The largest absolute Gasteiger partial charge is 0.380 e. The average Bonchev–Trinajstić information content (AvgIpc) is 2.80. The highest BCUT2D eigenvalue weighted by Crippen LogP contribution is 2.37. The van der Waals surface area contributed by atoms with Crippen LogP contribution in [0.2, 0.25) is 0 Å². The summed E-state index contributed by atoms with van der Waals surface area (Å²) in [6.45, 7) is 5.20. The fourth-order valence-electron chi connectivity index (χ4n) is 4.26. The van der Waals surface area contributed by atoms with Gasteiger partial charge in [0, 0.05) is 43.4 Å². The van der Waals surface area contributed by atoms with E-state index in [1.807, 2.05) is 61.5 Å². The number of aromatic nitrogens is 3. The number of likely N-dealkylation sites (tertiary alicyclic amines) is 1. The molecule has 0 saturated carbocycles. The van der Waals surface area contributed by atoms with E-state index < -0.39 is 0 Å². The minimum absolute atomic E-state index is 0.0438. The van der Waals surface area contributed by atoms with E-state index in [0.717, 1.165) is 53.8 Å². The maximum absolute atomic E-state index is 13.5. The Bertz CT molecular complexity index is 1070. The molecule has 0 aliphatic carbocycles. The van der Waals surface area contributed by atoms with Gasteiger partial charge in [0.1, 0.15) is 5.82 Å². The van der Waals surface area contributed by atoms with E-state index in [4.69, 9.17) is 9.72 Å². The third-order valence-electron chi connectivity index (χ3n) is 5.84. The Morgan fingerprint density at radius 2 is 1.90 bits per heavy atom. The first-order valence-electron chi connectivity index (χ1n) is 10.7. The molecular formula is C25H28N4O2. The third kappa shape index (κ3) is 4.49. The summed E-state index contributed by atoms with van der Waals surface area (Å²) in [5, 5.41) is 0. The van der Waals surface area contributed by atoms with Crippen molar-refractivity contribution in [3.63, 3.8) is 0 Å². The number of carbonyl (C=O) groups is 1. The zero-order valence-electron chi connectivity index (χ0n) is 18.3. The Hall–Kier alpha value is -3.12. The summed E-state index contributed by atoms with van der Waals surface area (Å²) < 4.78 is 5.18. The van der Waals surface area contributed by atoms with Gasteiger partial charge in [-0.05, 0) is 68.0 Å². The first kappa shape index (κ1) is 21.1. The number of ether oxygens (including phenoxy) is 1. The molecule has 0 bridgehead atoms. The van der Waals surface area contributed by atoms with E-state index in [2.05, 4.69) is 9.97 Å². The molecule has 4 rings (SSSR count). The van der Waals surface area contributed by atoms with Crippen LogP contribution in [0.15, 0.2) is 48.9 Å². The van der Waals surface area contributed by atoms with Gasteiger partial charge in [0.05, 0.1) is 18.3 Å². The summed E-state index contributed by atoms with van der Waals surface area (Å²) in [5.41, 5.74) is 5.78. The molecule has 3 heterocycles. The standard InChI is InChI=1S/C25H28N4O2/c1-17-14-26-12-11-21(17)22-15-27-18(2)28-24(22)23-6-4-5-13-29(23)25(30)20-9-7-19(8-10-20)16-31-3/h7-12,14-15,23H,4-6,13,16H2,1-3H3/t23-/m0/s1. The molecule has 3 aromatic rings. The Balaban J connectivity index is 1.72. The number of amides is 1. The summed E-state index contributed by atoms with van der Waals surface area (Å²) in [6.07, 6.45) is 8.48. The van der Waals surface area contributed by atoms with E-state index in [-0.39, 0.29) is 11.9 Å². The van der Waals surface area contributed by atoms with Crippen molar-refractivity contribution in [2.45, 2.75) is 45.8 Å². The summed E-state index contributed by atoms with van der Waals surface area (Å²) in [5.74, 6) is 0.759. The van der Waals surface area contributed by atoms with Crippen molar-refractivity contribution in [1.29, 1.82) is 0 Å². The quantitative estimate of drug-likeness (QED) is 0.605. The number of benzene rings is 1. The van der Waals surface area contributed by atoms with Crippen molar-refractivity contribution in [2.24, 2.45) is 0 Å². The van der Waals surface area contributed by atoms with Gasteiger partial charge in [0.25, 0.3) is 5.91 Å². The van der Waals surface area contributed by atoms with Crippen LogP contribution in [0, 0.1) is 13.8 Å². The normalized spacial score (nSPS) is 16.4. The topological polar surface area (TPSA) is 68.2 Å². The van der Waals surface area contributed by atoms with Crippen LogP contribution >= 0.6 is 0 Å². The predicted molar refractivity (Wildman–Crippen MR) is 120 cm³/mol. The van der Waals surface area contributed by atoms with Crippen LogP contribution in [0.1, 0.15) is 58.3 Å². The Kier molecular flexibility index (Phi) is 6.37. The first-order valence-corrected chi connectivity index (χ1v) is 10.7. The molecule has 1 amide bonds. The minimum atomic E-state index is -0.0795. The number of pyridine rings is 1. The highest BCUT2D eigenvalue weighted by molar-refractivity contribution is 5.94. The van der Waals surface area contributed by atoms with Gasteiger partial charge in [0.15, 0.2) is 0 Å². The van der Waals surface area contributed by atoms with Crippen molar-refractivity contribution in [1.82, 2.24) is 19.9 Å². The Morgan fingerprint density at radius 3 is 2.65 bits per heavy atom. The van der Waals surface area contributed by atoms with Gasteiger partial charge in [-0.1, -0.05) is 12.1 Å². The molecule has 1 aliphatic heterocycles. The molecule has 31 heavy (non-hydrogen) atoms. The highest BCUT2D eigenvalue weighted by atomic mass is 16.5. The zero-order chi connectivity index (χ0) is 21.8. The SMILES string of the molecule is COCc1ccc(C(=O)N2CCCC[C@H]2c2nc(C)ncc2-c2ccncc2C)cc1. The summed E-state index contributed by atoms with van der Waals surface area (Å²) in [7, 11) is 1.67. The van der Waals surface area contributed by atoms with Gasteiger partial charge in [-0.25, -0.2) is 9.97 Å². The van der Waals surface area contributed by atoms with Gasteiger partial charge in [-0.3, -0.25) is 9.78 Å². The van der Waals surface area contributed by atoms with Crippen LogP contribution in [-0.4, -0.2) is 39.4 Å². The second-order valence-electron chi connectivity index (χ2n) is 8.05. The molecule has 0 unspecified atom stereocenters. The maximum atomic E-state index is 13.5. The van der Waals surface area contributed by atoms with Crippen molar-refractivity contribution in [3.05, 3.63) is 77.1 Å². The smallest absolute Gasteiger partial charge is 0.254 e. The Labute approximate surface area is 183 Å². The van der Waals surface area contributed by atoms with Crippen LogP contribution in [0.25, 0.3) is 11.1 Å². The van der Waals surface area contributed by atoms with E-state index in [9.17, 15) is 4.79 Å². The molecular weight excluding hydrogens is 388 g/mol. The molecule has 0 N–H and O–H groups in total. The highest BCUT2D eigenvalue weighted by Gasteiger charge is 2.32. The molecule has 0 radical (unpaired) electrons. The van der Waals surface area contributed by atoms with Crippen molar-refractivity contribution >= 4 is 5.91 Å². The summed E-state index contributed by atoms with van der Waals surface area (Å²) in [4.78, 5) is 29.0. The van der Waals surface area contributed by atoms with Gasteiger partial charge in [-0.2, -0.15) is 0 Å². The van der Waals surface area contributed by atoms with E-state index in [0.29, 0.717) is 18.0 Å². The lowest BCUT2D eigenvalue weighted by Gasteiger charge is -2.36. The number of methoxy groups -OCH3 is 1. The van der Waals surface area contributed by atoms with E-state index in [1.165, 1.54) is 0 Å². The molecule has 6 nitrogen and oxygen atoms in total. The molecule has 0 spiro atoms. The van der Waals surface area contributed by atoms with E-state index in [1.54, 1.807) is 13.3 Å². The number of piperidine rings is 1. The molecule has 1 aromatic carbocycles. The van der Waals surface area contributed by atoms with Gasteiger partial charge in [0.2, 0.25) is 0 Å². The van der Waals surface area contributed by atoms with Gasteiger partial charge < -0.3 is 9.64 Å². The average molecular weight is 417 g/mol. The van der Waals surface area contributed by atoms with Crippen molar-refractivity contribution in [3.8, 4) is 11.1 Å². The molecule has 2 aromatic heterocycles. The van der Waals surface area contributed by atoms with Crippen LogP contribution < -0.4 is 0 Å². The lowest BCUT2D eigenvalue weighted by Crippen LogP contribution is -2.39. The van der Waals surface area contributed by atoms with Crippen LogP contribution in [-0.2, 0) is 11.3 Å². The monoisotopic (exact) mass is 416 g/mol. The second kappa shape index (κ2) is 9.35. The summed E-state index contributed by atoms with van der Waals surface area (Å²) >= 11 is 0. The Morgan fingerprint density at radius 1 is 1.10 bits per heavy atom. The molecule has 6 heteroatoms. The molecule has 1 saturated heterocycles. The number of aryl methyl sites for hydroxylation is 2. The fourth-order valence-corrected chi connectivity index (χ4v) is 4.26. The molecule has 1 atom stereocenters. The van der Waals surface area contributed by atoms with Crippen LogP contribution in [0.4, 0.5) is 0 Å². The lowest BCUT2D eigenvalue weighted by atomic mass is 9.92. The zero-order valence-corrected chi connectivity index (χ0v) is 18.3. The van der Waals surface area contributed by atoms with Crippen molar-refractivity contribution in [2.75, 3.05) is 13.7 Å². The van der Waals surface area contributed by atoms with E-state index >= 15 is 0 Å². The second-order valence-corrected chi connectivity index (χ2v) is 8.05. The van der Waals surface area contributed by atoms with Crippen LogP contribution in [0.5, 0.6) is 0 Å². The predicted octanol–water partition coefficient (Wildman–Crippen LogP) is 4.67. The van der Waals surface area contributed by atoms with Gasteiger partial charge >= 0.3 is 0 Å². The number of hydrogen-bond acceptors (Lipinski definition) is 5. The number of nitrogens with zero attached hydrogens (tertiary/aromatic N) is 4. The molecule has 1 aliphatic rings. The van der Waals surface area contributed by atoms with Crippen molar-refractivity contribution < 1.29 is 9.53 Å². The lowest BCUT2D eigenvalue weighted by molar-refractivity contribution is 0.0606. The fraction of sp³-hybridized carbons (Fsp3) is 0.360.